The first-order chi connectivity index (χ1) is 6.25. The van der Waals surface area contributed by atoms with Crippen molar-refractivity contribution in [3.05, 3.63) is 0 Å². The highest BCUT2D eigenvalue weighted by Gasteiger charge is 2.29. The predicted molar refractivity (Wildman–Crippen MR) is 44.2 cm³/mol. The first kappa shape index (κ1) is 7.99. The highest BCUT2D eigenvalue weighted by molar-refractivity contribution is 6.35. The molecule has 0 saturated carbocycles. The first-order valence-corrected chi connectivity index (χ1v) is 4.04. The lowest BCUT2D eigenvalue weighted by atomic mass is 10.0. The average Bonchev–Trinajstić information content (AvgIpc) is 2.29. The maximum Gasteiger partial charge on any atom is 0.307 e. The Balaban J connectivity index is 2.24. The van der Waals surface area contributed by atoms with Gasteiger partial charge in [-0.15, -0.1) is 0 Å². The lowest BCUT2D eigenvalue weighted by Crippen LogP contribution is -2.34. The summed E-state index contributed by atoms with van der Waals surface area (Å²) in [7, 11) is 0. The zero-order valence-electron chi connectivity index (χ0n) is 6.82. The first-order valence-electron chi connectivity index (χ1n) is 4.04. The van der Waals surface area contributed by atoms with E-state index in [-0.39, 0.29) is 17.8 Å². The van der Waals surface area contributed by atoms with Crippen molar-refractivity contribution in [2.24, 2.45) is 4.99 Å². The summed E-state index contributed by atoms with van der Waals surface area (Å²) in [5.74, 6) is 4.35. The van der Waals surface area contributed by atoms with E-state index < -0.39 is 6.10 Å². The molecule has 13 heavy (non-hydrogen) atoms. The summed E-state index contributed by atoms with van der Waals surface area (Å²) >= 11 is 0. The van der Waals surface area contributed by atoms with Crippen molar-refractivity contribution in [3.8, 4) is 11.8 Å². The van der Waals surface area contributed by atoms with Gasteiger partial charge in [-0.25, -0.2) is 0 Å². The Labute approximate surface area is 75.0 Å². The smallest absolute Gasteiger partial charge is 0.307 e. The summed E-state index contributed by atoms with van der Waals surface area (Å²) < 4.78 is 4.94. The SMILES string of the molecule is O=C1C#CC2OC(=O)CCC2N=C1. The molecule has 0 amide bonds. The largest absolute Gasteiger partial charge is 0.447 e. The molecule has 2 aliphatic heterocycles. The van der Waals surface area contributed by atoms with Crippen LogP contribution in [-0.2, 0) is 14.3 Å². The van der Waals surface area contributed by atoms with Crippen LogP contribution < -0.4 is 0 Å². The number of rotatable bonds is 0. The molecule has 66 valence electrons. The molecule has 2 rings (SSSR count). The molecule has 0 aromatic carbocycles. The molecule has 0 aromatic heterocycles. The number of aliphatic imine (C=N–C) groups is 1. The van der Waals surface area contributed by atoms with Gasteiger partial charge < -0.3 is 4.74 Å². The third-order valence-corrected chi connectivity index (χ3v) is 1.97. The molecule has 0 aliphatic carbocycles. The van der Waals surface area contributed by atoms with Crippen molar-refractivity contribution in [1.29, 1.82) is 0 Å². The van der Waals surface area contributed by atoms with Gasteiger partial charge >= 0.3 is 5.97 Å². The van der Waals surface area contributed by atoms with Gasteiger partial charge in [0.2, 0.25) is 5.78 Å². The van der Waals surface area contributed by atoms with E-state index in [4.69, 9.17) is 4.74 Å². The molecule has 0 spiro atoms. The Hall–Kier alpha value is -1.63. The molecule has 1 fully saturated rings. The monoisotopic (exact) mass is 177 g/mol. The fourth-order valence-electron chi connectivity index (χ4n) is 1.31. The van der Waals surface area contributed by atoms with Crippen molar-refractivity contribution < 1.29 is 14.3 Å². The van der Waals surface area contributed by atoms with Gasteiger partial charge in [-0.2, -0.15) is 0 Å². The third kappa shape index (κ3) is 1.59. The molecule has 2 unspecified atom stereocenters. The number of hydrogen-bond acceptors (Lipinski definition) is 4. The second kappa shape index (κ2) is 3.02. The molecule has 4 heteroatoms. The van der Waals surface area contributed by atoms with Crippen LogP contribution in [0.2, 0.25) is 0 Å². The molecule has 2 heterocycles. The zero-order chi connectivity index (χ0) is 9.26. The van der Waals surface area contributed by atoms with Gasteiger partial charge in [0.25, 0.3) is 0 Å². The van der Waals surface area contributed by atoms with Crippen molar-refractivity contribution in [2.75, 3.05) is 0 Å². The van der Waals surface area contributed by atoms with Crippen molar-refractivity contribution >= 4 is 18.0 Å². The van der Waals surface area contributed by atoms with E-state index in [1.165, 1.54) is 6.21 Å². The van der Waals surface area contributed by atoms with E-state index >= 15 is 0 Å². The van der Waals surface area contributed by atoms with Gasteiger partial charge in [-0.05, 0) is 18.3 Å². The second-order valence-corrected chi connectivity index (χ2v) is 2.93. The van der Waals surface area contributed by atoms with Crippen molar-refractivity contribution in [2.45, 2.75) is 25.0 Å². The predicted octanol–water partition coefficient (Wildman–Crippen LogP) is -0.283. The fraction of sp³-hybridized carbons (Fsp3) is 0.444. The standard InChI is InChI=1S/C9H7NO3/c11-6-1-3-8-7(10-5-6)2-4-9(12)13-8/h5,7-8H,2,4H2. The normalized spacial score (nSPS) is 31.1. The molecule has 2 atom stereocenters. The van der Waals surface area contributed by atoms with Crippen LogP contribution in [0, 0.1) is 11.8 Å². The summed E-state index contributed by atoms with van der Waals surface area (Å²) in [5, 5.41) is 0. The van der Waals surface area contributed by atoms with Crippen LogP contribution >= 0.6 is 0 Å². The Morgan fingerprint density at radius 2 is 2.38 bits per heavy atom. The number of ketones is 1. The van der Waals surface area contributed by atoms with Gasteiger partial charge in [-0.1, -0.05) is 0 Å². The molecule has 0 aromatic rings. The summed E-state index contributed by atoms with van der Waals surface area (Å²) in [6.07, 6.45) is 1.65. The molecule has 0 N–H and O–H groups in total. The maximum atomic E-state index is 10.9. The number of carbonyl (C=O) groups is 2. The number of ether oxygens (including phenoxy) is 1. The highest BCUT2D eigenvalue weighted by Crippen LogP contribution is 2.18. The van der Waals surface area contributed by atoms with E-state index in [1.807, 2.05) is 0 Å². The van der Waals surface area contributed by atoms with Crippen LogP contribution in [0.25, 0.3) is 0 Å². The van der Waals surface area contributed by atoms with E-state index in [0.29, 0.717) is 12.8 Å². The highest BCUT2D eigenvalue weighted by atomic mass is 16.5. The molecule has 1 saturated heterocycles. The number of esters is 1. The quantitative estimate of drug-likeness (QED) is 0.290. The lowest BCUT2D eigenvalue weighted by Gasteiger charge is -2.23. The number of nitrogens with zero attached hydrogens (tertiary/aromatic N) is 1. The van der Waals surface area contributed by atoms with Gasteiger partial charge in [0.15, 0.2) is 6.10 Å². The minimum Gasteiger partial charge on any atom is -0.447 e. The van der Waals surface area contributed by atoms with Crippen LogP contribution in [0.5, 0.6) is 0 Å². The number of fused-ring (bicyclic) bond motifs is 1. The van der Waals surface area contributed by atoms with E-state index in [1.54, 1.807) is 0 Å². The lowest BCUT2D eigenvalue weighted by molar-refractivity contribution is -0.151. The molecular formula is C9H7NO3. The Morgan fingerprint density at radius 3 is 3.23 bits per heavy atom. The van der Waals surface area contributed by atoms with E-state index in [9.17, 15) is 9.59 Å². The van der Waals surface area contributed by atoms with Crippen LogP contribution in [0.15, 0.2) is 4.99 Å². The second-order valence-electron chi connectivity index (χ2n) is 2.93. The van der Waals surface area contributed by atoms with Gasteiger partial charge in [0.1, 0.15) is 0 Å². The van der Waals surface area contributed by atoms with Gasteiger partial charge in [0, 0.05) is 6.42 Å². The third-order valence-electron chi connectivity index (χ3n) is 1.97. The Kier molecular flexibility index (Phi) is 1.85. The summed E-state index contributed by atoms with van der Waals surface area (Å²) in [4.78, 5) is 25.7. The van der Waals surface area contributed by atoms with E-state index in [2.05, 4.69) is 16.8 Å². The number of Topliss-reactive ketones (excluding diaryl/α,β-unsaturated/α-hetero) is 1. The Morgan fingerprint density at radius 1 is 1.54 bits per heavy atom. The minimum absolute atomic E-state index is 0.156. The molecule has 2 aliphatic rings. The van der Waals surface area contributed by atoms with Crippen LogP contribution in [0.1, 0.15) is 12.8 Å². The molecule has 4 nitrogen and oxygen atoms in total. The zero-order valence-corrected chi connectivity index (χ0v) is 6.82. The van der Waals surface area contributed by atoms with Crippen molar-refractivity contribution in [3.63, 3.8) is 0 Å². The van der Waals surface area contributed by atoms with Crippen LogP contribution in [0.3, 0.4) is 0 Å². The van der Waals surface area contributed by atoms with Gasteiger partial charge in [0.05, 0.1) is 12.3 Å². The molecule has 0 bridgehead atoms. The number of carbonyl (C=O) groups excluding carboxylic acids is 2. The average molecular weight is 177 g/mol. The number of hydrogen-bond donors (Lipinski definition) is 0. The topological polar surface area (TPSA) is 55.7 Å². The fourth-order valence-corrected chi connectivity index (χ4v) is 1.31. The van der Waals surface area contributed by atoms with Crippen LogP contribution in [0.4, 0.5) is 0 Å². The summed E-state index contributed by atoms with van der Waals surface area (Å²) in [6.45, 7) is 0. The van der Waals surface area contributed by atoms with Crippen LogP contribution in [-0.4, -0.2) is 30.1 Å². The van der Waals surface area contributed by atoms with E-state index in [0.717, 1.165) is 0 Å². The molecular weight excluding hydrogens is 170 g/mol. The van der Waals surface area contributed by atoms with Crippen molar-refractivity contribution in [1.82, 2.24) is 0 Å². The Bertz CT molecular complexity index is 348. The summed E-state index contributed by atoms with van der Waals surface area (Å²) in [6, 6.07) is -0.156. The van der Waals surface area contributed by atoms with Gasteiger partial charge in [-0.3, -0.25) is 14.6 Å². The minimum atomic E-state index is -0.524. The molecule has 0 radical (unpaired) electrons. The summed E-state index contributed by atoms with van der Waals surface area (Å²) in [5.41, 5.74) is 0. The maximum absolute atomic E-state index is 10.9.